The number of furan rings is 1. The monoisotopic (exact) mass is 427 g/mol. The number of rotatable bonds is 6. The summed E-state index contributed by atoms with van der Waals surface area (Å²) in [6.07, 6.45) is 0.577. The predicted octanol–water partition coefficient (Wildman–Crippen LogP) is 3.94. The van der Waals surface area contributed by atoms with Crippen LogP contribution in [-0.4, -0.2) is 31.6 Å². The van der Waals surface area contributed by atoms with Crippen LogP contribution in [0.4, 0.5) is 5.69 Å². The van der Waals surface area contributed by atoms with Gasteiger partial charge in [-0.2, -0.15) is 0 Å². The minimum atomic E-state index is -0.773. The van der Waals surface area contributed by atoms with Crippen LogP contribution in [0.25, 0.3) is 11.3 Å². The standard InChI is InChI=1S/C21H14ClNO7/c22-16-4-1-12(17-6-3-14(9-24)30-17)7-15(16)21(26)27-10-20(25)23-13-2-5-18-19(8-13)29-11-28-18/h1-9H,10-11H2,(H,23,25). The molecule has 0 radical (unpaired) electrons. The van der Waals surface area contributed by atoms with E-state index in [4.69, 9.17) is 30.2 Å². The van der Waals surface area contributed by atoms with E-state index < -0.39 is 18.5 Å². The number of hydrogen-bond acceptors (Lipinski definition) is 7. The van der Waals surface area contributed by atoms with Crippen molar-refractivity contribution in [3.05, 3.63) is 64.9 Å². The van der Waals surface area contributed by atoms with Crippen molar-refractivity contribution in [3.8, 4) is 22.8 Å². The second-order valence-corrected chi connectivity index (χ2v) is 6.61. The van der Waals surface area contributed by atoms with E-state index >= 15 is 0 Å². The zero-order valence-corrected chi connectivity index (χ0v) is 16.1. The molecule has 1 aliphatic rings. The summed E-state index contributed by atoms with van der Waals surface area (Å²) in [5.41, 5.74) is 1.07. The zero-order valence-electron chi connectivity index (χ0n) is 15.3. The maximum Gasteiger partial charge on any atom is 0.340 e. The van der Waals surface area contributed by atoms with Crippen LogP contribution in [0.2, 0.25) is 5.02 Å². The Morgan fingerprint density at radius 3 is 2.70 bits per heavy atom. The molecule has 1 aromatic heterocycles. The van der Waals surface area contributed by atoms with Crippen molar-refractivity contribution in [2.24, 2.45) is 0 Å². The zero-order chi connectivity index (χ0) is 21.1. The highest BCUT2D eigenvalue weighted by Crippen LogP contribution is 2.34. The summed E-state index contributed by atoms with van der Waals surface area (Å²) >= 11 is 6.10. The first-order valence-electron chi connectivity index (χ1n) is 8.75. The Balaban J connectivity index is 1.40. The Bertz CT molecular complexity index is 1140. The number of anilines is 1. The Morgan fingerprint density at radius 1 is 1.07 bits per heavy atom. The van der Waals surface area contributed by atoms with Crippen molar-refractivity contribution < 1.29 is 33.0 Å². The lowest BCUT2D eigenvalue weighted by atomic mass is 10.1. The van der Waals surface area contributed by atoms with Gasteiger partial charge >= 0.3 is 5.97 Å². The predicted molar refractivity (Wildman–Crippen MR) is 106 cm³/mol. The molecule has 2 aromatic carbocycles. The summed E-state index contributed by atoms with van der Waals surface area (Å²) in [5, 5.41) is 2.76. The third-order valence-corrected chi connectivity index (χ3v) is 4.53. The minimum absolute atomic E-state index is 0.0640. The molecule has 0 saturated carbocycles. The molecule has 0 fully saturated rings. The lowest BCUT2D eigenvalue weighted by Crippen LogP contribution is -2.21. The second kappa shape index (κ2) is 8.30. The molecule has 1 amide bonds. The Labute approximate surface area is 175 Å². The highest BCUT2D eigenvalue weighted by atomic mass is 35.5. The van der Waals surface area contributed by atoms with Crippen LogP contribution in [0, 0.1) is 0 Å². The van der Waals surface area contributed by atoms with Gasteiger partial charge in [-0.25, -0.2) is 4.79 Å². The third-order valence-electron chi connectivity index (χ3n) is 4.20. The fourth-order valence-corrected chi connectivity index (χ4v) is 2.98. The number of amides is 1. The topological polar surface area (TPSA) is 104 Å². The van der Waals surface area contributed by atoms with Crippen LogP contribution in [0.5, 0.6) is 11.5 Å². The summed E-state index contributed by atoms with van der Waals surface area (Å²) in [6.45, 7) is -0.386. The highest BCUT2D eigenvalue weighted by molar-refractivity contribution is 6.33. The fraction of sp³-hybridized carbons (Fsp3) is 0.0952. The molecule has 1 aliphatic heterocycles. The molecule has 9 heteroatoms. The first kappa shape index (κ1) is 19.5. The number of fused-ring (bicyclic) bond motifs is 1. The van der Waals surface area contributed by atoms with Crippen molar-refractivity contribution in [3.63, 3.8) is 0 Å². The summed E-state index contributed by atoms with van der Waals surface area (Å²) in [5.74, 6) is 0.350. The van der Waals surface area contributed by atoms with Gasteiger partial charge in [-0.05, 0) is 42.5 Å². The number of benzene rings is 2. The average Bonchev–Trinajstić information content (AvgIpc) is 3.41. The van der Waals surface area contributed by atoms with Crippen LogP contribution in [0.1, 0.15) is 20.9 Å². The summed E-state index contributed by atoms with van der Waals surface area (Å²) in [6, 6.07) is 12.6. The number of carbonyl (C=O) groups excluding carboxylic acids is 3. The number of halogens is 1. The van der Waals surface area contributed by atoms with Gasteiger partial charge < -0.3 is 23.9 Å². The molecule has 8 nitrogen and oxygen atoms in total. The number of carbonyl (C=O) groups is 3. The van der Waals surface area contributed by atoms with Gasteiger partial charge in [0.25, 0.3) is 5.91 Å². The van der Waals surface area contributed by atoms with Crippen molar-refractivity contribution in [1.82, 2.24) is 0 Å². The molecule has 4 rings (SSSR count). The summed E-state index contributed by atoms with van der Waals surface area (Å²) < 4.78 is 20.9. The normalized spacial score (nSPS) is 11.8. The molecule has 0 aliphatic carbocycles. The van der Waals surface area contributed by atoms with Crippen molar-refractivity contribution >= 4 is 35.5 Å². The quantitative estimate of drug-likeness (QED) is 0.469. The summed E-state index contributed by atoms with van der Waals surface area (Å²) in [7, 11) is 0. The second-order valence-electron chi connectivity index (χ2n) is 6.21. The molecule has 0 bridgehead atoms. The van der Waals surface area contributed by atoms with Crippen molar-refractivity contribution in [2.75, 3.05) is 18.7 Å². The van der Waals surface area contributed by atoms with Gasteiger partial charge in [-0.1, -0.05) is 11.6 Å². The number of aldehydes is 1. The molecule has 152 valence electrons. The van der Waals surface area contributed by atoms with Gasteiger partial charge in [0, 0.05) is 17.3 Å². The third kappa shape index (κ3) is 4.13. The Kier molecular flexibility index (Phi) is 5.40. The van der Waals surface area contributed by atoms with Gasteiger partial charge in [-0.3, -0.25) is 9.59 Å². The van der Waals surface area contributed by atoms with Gasteiger partial charge in [-0.15, -0.1) is 0 Å². The van der Waals surface area contributed by atoms with Crippen LogP contribution in [0.15, 0.2) is 52.9 Å². The molecular weight excluding hydrogens is 414 g/mol. The van der Waals surface area contributed by atoms with E-state index in [9.17, 15) is 14.4 Å². The molecule has 0 saturated heterocycles. The van der Waals surface area contributed by atoms with Gasteiger partial charge in [0.15, 0.2) is 30.2 Å². The molecular formula is C21H14ClNO7. The molecule has 1 N–H and O–H groups in total. The SMILES string of the molecule is O=Cc1ccc(-c2ccc(Cl)c(C(=O)OCC(=O)Nc3ccc4c(c3)OCO4)c2)o1. The Hall–Kier alpha value is -3.78. The van der Waals surface area contributed by atoms with Gasteiger partial charge in [0.1, 0.15) is 5.76 Å². The molecule has 0 unspecified atom stereocenters. The van der Waals surface area contributed by atoms with E-state index in [-0.39, 0.29) is 23.1 Å². The van der Waals surface area contributed by atoms with Gasteiger partial charge in [0.05, 0.1) is 10.6 Å². The Morgan fingerprint density at radius 2 is 1.90 bits per heavy atom. The lowest BCUT2D eigenvalue weighted by molar-refractivity contribution is -0.119. The summed E-state index contributed by atoms with van der Waals surface area (Å²) in [4.78, 5) is 35.3. The van der Waals surface area contributed by atoms with E-state index in [1.807, 2.05) is 0 Å². The number of ether oxygens (including phenoxy) is 3. The minimum Gasteiger partial charge on any atom is -0.454 e. The molecule has 30 heavy (non-hydrogen) atoms. The number of hydrogen-bond donors (Lipinski definition) is 1. The van der Waals surface area contributed by atoms with Crippen molar-refractivity contribution in [2.45, 2.75) is 0 Å². The van der Waals surface area contributed by atoms with E-state index in [0.717, 1.165) is 0 Å². The largest absolute Gasteiger partial charge is 0.454 e. The van der Waals surface area contributed by atoms with E-state index in [1.54, 1.807) is 30.3 Å². The maximum absolute atomic E-state index is 12.4. The first-order chi connectivity index (χ1) is 14.5. The number of esters is 1. The molecule has 2 heterocycles. The van der Waals surface area contributed by atoms with Crippen LogP contribution >= 0.6 is 11.6 Å². The van der Waals surface area contributed by atoms with Crippen LogP contribution in [0.3, 0.4) is 0 Å². The average molecular weight is 428 g/mol. The van der Waals surface area contributed by atoms with Gasteiger partial charge in [0.2, 0.25) is 6.79 Å². The fourth-order valence-electron chi connectivity index (χ4n) is 2.79. The number of nitrogens with one attached hydrogen (secondary N) is 1. The molecule has 0 spiro atoms. The van der Waals surface area contributed by atoms with E-state index in [0.29, 0.717) is 34.8 Å². The van der Waals surface area contributed by atoms with E-state index in [2.05, 4.69) is 5.32 Å². The first-order valence-corrected chi connectivity index (χ1v) is 9.13. The maximum atomic E-state index is 12.4. The lowest BCUT2D eigenvalue weighted by Gasteiger charge is -2.09. The van der Waals surface area contributed by atoms with Crippen LogP contribution in [-0.2, 0) is 9.53 Å². The highest BCUT2D eigenvalue weighted by Gasteiger charge is 2.18. The molecule has 0 atom stereocenters. The molecule has 3 aromatic rings. The van der Waals surface area contributed by atoms with E-state index in [1.165, 1.54) is 18.2 Å². The van der Waals surface area contributed by atoms with Crippen LogP contribution < -0.4 is 14.8 Å². The smallest absolute Gasteiger partial charge is 0.340 e. The van der Waals surface area contributed by atoms with Crippen molar-refractivity contribution in [1.29, 1.82) is 0 Å².